The van der Waals surface area contributed by atoms with Crippen LogP contribution in [0, 0.1) is 11.2 Å². The zero-order valence-electron chi connectivity index (χ0n) is 14.7. The van der Waals surface area contributed by atoms with Crippen molar-refractivity contribution in [3.05, 3.63) is 57.8 Å². The number of ether oxygens (including phenoxy) is 1. The number of hydrogen-bond donors (Lipinski definition) is 2. The number of nitrogens with one attached hydrogen (secondary N) is 2. The Hall–Kier alpha value is -2.31. The zero-order chi connectivity index (χ0) is 19.9. The lowest BCUT2D eigenvalue weighted by Crippen LogP contribution is -2.51. The summed E-state index contributed by atoms with van der Waals surface area (Å²) in [7, 11) is 0. The third-order valence-corrected chi connectivity index (χ3v) is 5.82. The molecule has 1 aliphatic heterocycles. The third-order valence-electron chi connectivity index (χ3n) is 5.21. The minimum atomic E-state index is -0.558. The summed E-state index contributed by atoms with van der Waals surface area (Å²) >= 11 is 12.0. The van der Waals surface area contributed by atoms with Gasteiger partial charge in [-0.05, 0) is 37.1 Å². The summed E-state index contributed by atoms with van der Waals surface area (Å²) in [6.07, 6.45) is 1.99. The van der Waals surface area contributed by atoms with Gasteiger partial charge in [0.15, 0.2) is 0 Å². The number of halogens is 3. The van der Waals surface area contributed by atoms with Gasteiger partial charge in [-0.15, -0.1) is 0 Å². The summed E-state index contributed by atoms with van der Waals surface area (Å²) in [4.78, 5) is 24.3. The average molecular weight is 423 g/mol. The number of rotatable bonds is 4. The molecule has 2 N–H and O–H groups in total. The van der Waals surface area contributed by atoms with E-state index in [1.54, 1.807) is 18.2 Å². The molecule has 4 rings (SSSR count). The Balaban J connectivity index is 1.49. The molecule has 0 aromatic heterocycles. The smallest absolute Gasteiger partial charge is 0.256 e. The largest absolute Gasteiger partial charge is 0.456 e. The fourth-order valence-electron chi connectivity index (χ4n) is 3.86. The van der Waals surface area contributed by atoms with Gasteiger partial charge < -0.3 is 15.4 Å². The van der Waals surface area contributed by atoms with E-state index in [0.29, 0.717) is 18.7 Å². The first-order valence-electron chi connectivity index (χ1n) is 8.84. The van der Waals surface area contributed by atoms with E-state index in [2.05, 4.69) is 10.6 Å². The second-order valence-electron chi connectivity index (χ2n) is 7.32. The Kier molecular flexibility index (Phi) is 4.93. The number of benzene rings is 2. The second-order valence-corrected chi connectivity index (χ2v) is 8.14. The molecule has 1 saturated carbocycles. The molecule has 146 valence electrons. The molecule has 1 saturated heterocycles. The van der Waals surface area contributed by atoms with Gasteiger partial charge in [0, 0.05) is 30.5 Å². The van der Waals surface area contributed by atoms with Crippen molar-refractivity contribution >= 4 is 35.0 Å². The lowest BCUT2D eigenvalue weighted by molar-refractivity contribution is -0.120. The van der Waals surface area contributed by atoms with E-state index < -0.39 is 5.82 Å². The molecular weight excluding hydrogens is 406 g/mol. The van der Waals surface area contributed by atoms with E-state index in [4.69, 9.17) is 27.9 Å². The van der Waals surface area contributed by atoms with Crippen LogP contribution >= 0.6 is 23.2 Å². The molecule has 0 bridgehead atoms. The summed E-state index contributed by atoms with van der Waals surface area (Å²) in [5, 5.41) is 5.97. The molecular formula is C20H17Cl2FN2O3. The Morgan fingerprint density at radius 1 is 1.21 bits per heavy atom. The summed E-state index contributed by atoms with van der Waals surface area (Å²) in [6, 6.07) is 8.79. The van der Waals surface area contributed by atoms with Crippen molar-refractivity contribution in [2.45, 2.75) is 25.3 Å². The monoisotopic (exact) mass is 422 g/mol. The highest BCUT2D eigenvalue weighted by molar-refractivity contribution is 6.34. The minimum Gasteiger partial charge on any atom is -0.456 e. The predicted octanol–water partition coefficient (Wildman–Crippen LogP) is 4.32. The highest BCUT2D eigenvalue weighted by Crippen LogP contribution is 2.46. The van der Waals surface area contributed by atoms with Crippen LogP contribution in [0.15, 0.2) is 36.4 Å². The van der Waals surface area contributed by atoms with Crippen LogP contribution in [0.5, 0.6) is 11.5 Å². The predicted molar refractivity (Wildman–Crippen MR) is 103 cm³/mol. The topological polar surface area (TPSA) is 67.4 Å². The minimum absolute atomic E-state index is 0.0235. The van der Waals surface area contributed by atoms with Crippen molar-refractivity contribution < 1.29 is 18.7 Å². The Labute approximate surface area is 171 Å². The fourth-order valence-corrected chi connectivity index (χ4v) is 4.28. The maximum atomic E-state index is 13.3. The molecule has 28 heavy (non-hydrogen) atoms. The van der Waals surface area contributed by atoms with Crippen molar-refractivity contribution in [1.29, 1.82) is 0 Å². The van der Waals surface area contributed by atoms with Gasteiger partial charge in [0.25, 0.3) is 5.91 Å². The Bertz CT molecular complexity index is 960. The Morgan fingerprint density at radius 2 is 2.00 bits per heavy atom. The SMILES string of the molecule is O=C1CC2(CN1)CC(NC(=O)c1c(Cl)cccc1Oc1ccc(F)c(Cl)c1)C2. The van der Waals surface area contributed by atoms with Gasteiger partial charge in [0.2, 0.25) is 5.91 Å². The van der Waals surface area contributed by atoms with Crippen molar-refractivity contribution in [3.63, 3.8) is 0 Å². The number of carbonyl (C=O) groups excluding carboxylic acids is 2. The molecule has 8 heteroatoms. The van der Waals surface area contributed by atoms with Crippen molar-refractivity contribution in [2.24, 2.45) is 5.41 Å². The highest BCUT2D eigenvalue weighted by Gasteiger charge is 2.49. The van der Waals surface area contributed by atoms with Gasteiger partial charge in [-0.3, -0.25) is 9.59 Å². The van der Waals surface area contributed by atoms with E-state index in [-0.39, 0.29) is 44.6 Å². The lowest BCUT2D eigenvalue weighted by atomic mass is 9.65. The van der Waals surface area contributed by atoms with Crippen molar-refractivity contribution in [2.75, 3.05) is 6.54 Å². The fraction of sp³-hybridized carbons (Fsp3) is 0.300. The van der Waals surface area contributed by atoms with Crippen LogP contribution in [0.4, 0.5) is 4.39 Å². The molecule has 1 heterocycles. The lowest BCUT2D eigenvalue weighted by Gasteiger charge is -2.44. The van der Waals surface area contributed by atoms with Gasteiger partial charge in [-0.1, -0.05) is 29.3 Å². The van der Waals surface area contributed by atoms with E-state index in [1.165, 1.54) is 18.2 Å². The normalized spacial score (nSPS) is 23.2. The molecule has 2 aromatic carbocycles. The van der Waals surface area contributed by atoms with Gasteiger partial charge >= 0.3 is 0 Å². The molecule has 2 amide bonds. The first kappa shape index (κ1) is 19.0. The van der Waals surface area contributed by atoms with Crippen molar-refractivity contribution in [1.82, 2.24) is 10.6 Å². The van der Waals surface area contributed by atoms with Gasteiger partial charge in [0.05, 0.1) is 10.0 Å². The van der Waals surface area contributed by atoms with Crippen LogP contribution in [-0.4, -0.2) is 24.4 Å². The maximum Gasteiger partial charge on any atom is 0.256 e. The van der Waals surface area contributed by atoms with Gasteiger partial charge in [0.1, 0.15) is 22.9 Å². The molecule has 5 nitrogen and oxygen atoms in total. The quantitative estimate of drug-likeness (QED) is 0.770. The van der Waals surface area contributed by atoms with Gasteiger partial charge in [-0.2, -0.15) is 0 Å². The van der Waals surface area contributed by atoms with Crippen LogP contribution in [0.25, 0.3) is 0 Å². The van der Waals surface area contributed by atoms with Crippen LogP contribution < -0.4 is 15.4 Å². The number of amides is 2. The second kappa shape index (κ2) is 7.26. The van der Waals surface area contributed by atoms with Crippen LogP contribution in [0.2, 0.25) is 10.0 Å². The molecule has 2 aliphatic rings. The van der Waals surface area contributed by atoms with Crippen molar-refractivity contribution in [3.8, 4) is 11.5 Å². The standard InChI is InChI=1S/C20H17Cl2FN2O3/c21-13-2-1-3-16(28-12-4-5-15(23)14(22)6-12)18(13)19(27)25-11-7-20(8-11)9-17(26)24-10-20/h1-6,11H,7-10H2,(H,24,26)(H,25,27). The molecule has 0 unspecified atom stereocenters. The summed E-state index contributed by atoms with van der Waals surface area (Å²) in [5.41, 5.74) is 0.158. The zero-order valence-corrected chi connectivity index (χ0v) is 16.2. The maximum absolute atomic E-state index is 13.3. The number of hydrogen-bond acceptors (Lipinski definition) is 3. The van der Waals surface area contributed by atoms with Crippen LogP contribution in [0.3, 0.4) is 0 Å². The molecule has 1 aliphatic carbocycles. The first-order chi connectivity index (χ1) is 13.3. The third kappa shape index (κ3) is 3.66. The summed E-state index contributed by atoms with van der Waals surface area (Å²) in [6.45, 7) is 0.657. The van der Waals surface area contributed by atoms with E-state index in [0.717, 1.165) is 12.8 Å². The molecule has 1 spiro atoms. The summed E-state index contributed by atoms with van der Waals surface area (Å²) in [5.74, 6) is -0.312. The molecule has 2 fully saturated rings. The van der Waals surface area contributed by atoms with Gasteiger partial charge in [-0.25, -0.2) is 4.39 Å². The van der Waals surface area contributed by atoms with E-state index in [1.807, 2.05) is 0 Å². The highest BCUT2D eigenvalue weighted by atomic mass is 35.5. The van der Waals surface area contributed by atoms with E-state index in [9.17, 15) is 14.0 Å². The van der Waals surface area contributed by atoms with Crippen LogP contribution in [-0.2, 0) is 4.79 Å². The molecule has 2 aromatic rings. The summed E-state index contributed by atoms with van der Waals surface area (Å²) < 4.78 is 19.1. The number of carbonyl (C=O) groups is 2. The average Bonchev–Trinajstić information content (AvgIpc) is 3.00. The van der Waals surface area contributed by atoms with Crippen LogP contribution in [0.1, 0.15) is 29.6 Å². The molecule has 0 atom stereocenters. The Morgan fingerprint density at radius 3 is 2.68 bits per heavy atom. The van der Waals surface area contributed by atoms with E-state index >= 15 is 0 Å². The molecule has 0 radical (unpaired) electrons. The first-order valence-corrected chi connectivity index (χ1v) is 9.60.